The van der Waals surface area contributed by atoms with Crippen LogP contribution in [0.3, 0.4) is 0 Å². The van der Waals surface area contributed by atoms with E-state index in [4.69, 9.17) is 4.74 Å². The molecule has 3 aromatic rings. The summed E-state index contributed by atoms with van der Waals surface area (Å²) >= 11 is 1.26. The van der Waals surface area contributed by atoms with Crippen LogP contribution >= 0.6 is 11.3 Å². The van der Waals surface area contributed by atoms with Gasteiger partial charge in [0.05, 0.1) is 18.3 Å². The van der Waals surface area contributed by atoms with Gasteiger partial charge in [-0.1, -0.05) is 11.3 Å². The molecule has 3 heterocycles. The molecule has 122 valence electrons. The lowest BCUT2D eigenvalue weighted by molar-refractivity contribution is 0.102. The monoisotopic (exact) mass is 342 g/mol. The van der Waals surface area contributed by atoms with Crippen LogP contribution in [0, 0.1) is 0 Å². The van der Waals surface area contributed by atoms with Crippen LogP contribution in [0.5, 0.6) is 5.75 Å². The number of nitrogens with one attached hydrogen (secondary N) is 2. The smallest absolute Gasteiger partial charge is 0.259 e. The minimum atomic E-state index is -0.272. The molecular formula is C15H14N6O2S. The summed E-state index contributed by atoms with van der Waals surface area (Å²) in [5.41, 5.74) is 2.00. The number of rotatable bonds is 7. The Bertz CT molecular complexity index is 764. The van der Waals surface area contributed by atoms with Crippen LogP contribution in [-0.2, 0) is 0 Å². The Kier molecular flexibility index (Phi) is 5.25. The highest BCUT2D eigenvalue weighted by molar-refractivity contribution is 7.13. The van der Waals surface area contributed by atoms with E-state index in [0.717, 1.165) is 5.75 Å². The second kappa shape index (κ2) is 7.97. The molecular weight excluding hydrogens is 328 g/mol. The maximum atomic E-state index is 12.0. The van der Waals surface area contributed by atoms with Crippen molar-refractivity contribution in [2.75, 3.05) is 23.8 Å². The van der Waals surface area contributed by atoms with Gasteiger partial charge in [0.2, 0.25) is 5.13 Å². The van der Waals surface area contributed by atoms with Gasteiger partial charge in [-0.05, 0) is 24.3 Å². The molecule has 24 heavy (non-hydrogen) atoms. The van der Waals surface area contributed by atoms with E-state index in [-0.39, 0.29) is 5.91 Å². The molecule has 0 saturated carbocycles. The van der Waals surface area contributed by atoms with Gasteiger partial charge in [0, 0.05) is 12.4 Å². The third-order valence-electron chi connectivity index (χ3n) is 2.92. The number of pyridine rings is 2. The minimum absolute atomic E-state index is 0.272. The summed E-state index contributed by atoms with van der Waals surface area (Å²) in [7, 11) is 0. The van der Waals surface area contributed by atoms with Gasteiger partial charge in [0.25, 0.3) is 5.91 Å². The van der Waals surface area contributed by atoms with Crippen LogP contribution in [0.4, 0.5) is 10.9 Å². The van der Waals surface area contributed by atoms with Gasteiger partial charge in [0.1, 0.15) is 23.7 Å². The Labute approximate surface area is 142 Å². The first-order valence-electron chi connectivity index (χ1n) is 7.11. The molecule has 3 aromatic heterocycles. The van der Waals surface area contributed by atoms with E-state index in [2.05, 4.69) is 30.8 Å². The van der Waals surface area contributed by atoms with Crippen LogP contribution in [0.25, 0.3) is 0 Å². The second-order valence-electron chi connectivity index (χ2n) is 4.59. The summed E-state index contributed by atoms with van der Waals surface area (Å²) in [5.74, 6) is 1.11. The molecule has 0 unspecified atom stereocenters. The molecule has 0 aliphatic rings. The number of anilines is 2. The molecule has 9 heteroatoms. The minimum Gasteiger partial charge on any atom is -0.490 e. The van der Waals surface area contributed by atoms with Crippen LogP contribution in [0.2, 0.25) is 0 Å². The largest absolute Gasteiger partial charge is 0.490 e. The van der Waals surface area contributed by atoms with E-state index >= 15 is 0 Å². The van der Waals surface area contributed by atoms with Gasteiger partial charge < -0.3 is 10.1 Å². The van der Waals surface area contributed by atoms with E-state index in [9.17, 15) is 4.79 Å². The topological polar surface area (TPSA) is 102 Å². The lowest BCUT2D eigenvalue weighted by atomic mass is 10.2. The molecule has 1 amide bonds. The first-order valence-corrected chi connectivity index (χ1v) is 7.99. The zero-order chi connectivity index (χ0) is 16.6. The van der Waals surface area contributed by atoms with Gasteiger partial charge >= 0.3 is 0 Å². The summed E-state index contributed by atoms with van der Waals surface area (Å²) in [6, 6.07) is 7.08. The third kappa shape index (κ3) is 4.46. The van der Waals surface area contributed by atoms with Crippen molar-refractivity contribution in [3.05, 3.63) is 53.9 Å². The van der Waals surface area contributed by atoms with Crippen LogP contribution in [0.15, 0.2) is 48.4 Å². The Hall–Kier alpha value is -3.07. The van der Waals surface area contributed by atoms with Crippen molar-refractivity contribution in [2.45, 2.75) is 0 Å². The molecule has 0 spiro atoms. The standard InChI is InChI=1S/C15H14N6O2S/c22-14(20-15-21-19-10-24-15)11-3-4-13(18-8-11)17-6-7-23-12-2-1-5-16-9-12/h1-5,8-10H,6-7H2,(H,17,18)(H,20,21,22). The first kappa shape index (κ1) is 15.8. The van der Waals surface area contributed by atoms with E-state index in [1.54, 1.807) is 30.0 Å². The SMILES string of the molecule is O=C(Nc1nncs1)c1ccc(NCCOc2cccnc2)nc1. The Morgan fingerprint density at radius 2 is 2.21 bits per heavy atom. The van der Waals surface area contributed by atoms with E-state index < -0.39 is 0 Å². The van der Waals surface area contributed by atoms with Crippen LogP contribution in [-0.4, -0.2) is 39.2 Å². The summed E-state index contributed by atoms with van der Waals surface area (Å²) in [6.45, 7) is 1.06. The van der Waals surface area contributed by atoms with Crippen molar-refractivity contribution in [3.63, 3.8) is 0 Å². The van der Waals surface area contributed by atoms with Crippen molar-refractivity contribution in [3.8, 4) is 5.75 Å². The first-order chi connectivity index (χ1) is 11.8. The quantitative estimate of drug-likeness (QED) is 0.634. The number of nitrogens with zero attached hydrogens (tertiary/aromatic N) is 4. The molecule has 0 fully saturated rings. The lowest BCUT2D eigenvalue weighted by Gasteiger charge is -2.08. The van der Waals surface area contributed by atoms with Crippen molar-refractivity contribution in [1.82, 2.24) is 20.2 Å². The normalized spacial score (nSPS) is 10.2. The van der Waals surface area contributed by atoms with Gasteiger partial charge in [-0.25, -0.2) is 4.98 Å². The molecule has 8 nitrogen and oxygen atoms in total. The average molecular weight is 342 g/mol. The molecule has 2 N–H and O–H groups in total. The number of ether oxygens (including phenoxy) is 1. The zero-order valence-electron chi connectivity index (χ0n) is 12.5. The fraction of sp³-hybridized carbons (Fsp3) is 0.133. The van der Waals surface area contributed by atoms with Crippen LogP contribution < -0.4 is 15.4 Å². The Balaban J connectivity index is 1.45. The number of hydrogen-bond donors (Lipinski definition) is 2. The van der Waals surface area contributed by atoms with Gasteiger partial charge in [-0.15, -0.1) is 10.2 Å². The lowest BCUT2D eigenvalue weighted by Crippen LogP contribution is -2.14. The summed E-state index contributed by atoms with van der Waals surface area (Å²) in [4.78, 5) is 20.2. The number of carbonyl (C=O) groups excluding carboxylic acids is 1. The maximum Gasteiger partial charge on any atom is 0.259 e. The van der Waals surface area contributed by atoms with E-state index in [0.29, 0.717) is 29.7 Å². The number of carbonyl (C=O) groups is 1. The predicted molar refractivity (Wildman–Crippen MR) is 90.3 cm³/mol. The van der Waals surface area contributed by atoms with Crippen molar-refractivity contribution in [1.29, 1.82) is 0 Å². The highest BCUT2D eigenvalue weighted by Gasteiger charge is 2.08. The molecule has 0 aliphatic carbocycles. The molecule has 0 saturated heterocycles. The predicted octanol–water partition coefficient (Wildman–Crippen LogP) is 2.07. The molecule has 0 atom stereocenters. The Morgan fingerprint density at radius 1 is 1.25 bits per heavy atom. The van der Waals surface area contributed by atoms with Crippen molar-refractivity contribution >= 4 is 28.2 Å². The van der Waals surface area contributed by atoms with Crippen molar-refractivity contribution < 1.29 is 9.53 Å². The second-order valence-corrected chi connectivity index (χ2v) is 5.43. The highest BCUT2D eigenvalue weighted by Crippen LogP contribution is 2.11. The summed E-state index contributed by atoms with van der Waals surface area (Å²) in [5, 5.41) is 13.6. The molecule has 0 bridgehead atoms. The van der Waals surface area contributed by atoms with E-state index in [1.807, 2.05) is 12.1 Å². The summed E-state index contributed by atoms with van der Waals surface area (Å²) in [6.07, 6.45) is 4.85. The maximum absolute atomic E-state index is 12.0. The fourth-order valence-corrected chi connectivity index (χ4v) is 2.25. The van der Waals surface area contributed by atoms with Crippen LogP contribution in [0.1, 0.15) is 10.4 Å². The number of hydrogen-bond acceptors (Lipinski definition) is 8. The molecule has 0 aromatic carbocycles. The average Bonchev–Trinajstić information content (AvgIpc) is 3.13. The van der Waals surface area contributed by atoms with Gasteiger partial charge in [-0.2, -0.15) is 0 Å². The number of aromatic nitrogens is 4. The van der Waals surface area contributed by atoms with Gasteiger partial charge in [0.15, 0.2) is 0 Å². The Morgan fingerprint density at radius 3 is 2.92 bits per heavy atom. The van der Waals surface area contributed by atoms with Gasteiger partial charge in [-0.3, -0.25) is 15.1 Å². The fourth-order valence-electron chi connectivity index (χ4n) is 1.81. The third-order valence-corrected chi connectivity index (χ3v) is 3.52. The zero-order valence-corrected chi connectivity index (χ0v) is 13.4. The summed E-state index contributed by atoms with van der Waals surface area (Å²) < 4.78 is 5.52. The number of amides is 1. The highest BCUT2D eigenvalue weighted by atomic mass is 32.1. The van der Waals surface area contributed by atoms with E-state index in [1.165, 1.54) is 17.5 Å². The van der Waals surface area contributed by atoms with Crippen molar-refractivity contribution in [2.24, 2.45) is 0 Å². The molecule has 3 rings (SSSR count). The molecule has 0 radical (unpaired) electrons. The molecule has 0 aliphatic heterocycles.